The van der Waals surface area contributed by atoms with Crippen LogP contribution in [0.25, 0.3) is 0 Å². The van der Waals surface area contributed by atoms with Crippen LogP contribution in [0.4, 0.5) is 0 Å². The van der Waals surface area contributed by atoms with Crippen LogP contribution < -0.4 is 10.0 Å². The van der Waals surface area contributed by atoms with Gasteiger partial charge in [-0.3, -0.25) is 0 Å². The van der Waals surface area contributed by atoms with Gasteiger partial charge in [0.1, 0.15) is 0 Å². The van der Waals surface area contributed by atoms with Crippen molar-refractivity contribution >= 4 is 10.0 Å². The molecule has 5 nitrogen and oxygen atoms in total. The molecule has 2 atom stereocenters. The molecule has 0 saturated heterocycles. The van der Waals surface area contributed by atoms with Crippen molar-refractivity contribution in [1.82, 2.24) is 14.6 Å². The van der Waals surface area contributed by atoms with E-state index in [9.17, 15) is 8.42 Å². The van der Waals surface area contributed by atoms with E-state index in [4.69, 9.17) is 0 Å². The Morgan fingerprint density at radius 1 is 1.40 bits per heavy atom. The summed E-state index contributed by atoms with van der Waals surface area (Å²) in [5, 5.41) is 3.44. The molecule has 2 fully saturated rings. The molecule has 0 radical (unpaired) electrons. The van der Waals surface area contributed by atoms with E-state index in [0.717, 1.165) is 25.2 Å². The Morgan fingerprint density at radius 3 is 2.65 bits per heavy atom. The fraction of sp³-hybridized carbons (Fsp3) is 0.714. The Bertz CT molecular complexity index is 590. The number of aromatic nitrogens is 1. The van der Waals surface area contributed by atoms with Crippen LogP contribution in [0.15, 0.2) is 17.2 Å². The summed E-state index contributed by atoms with van der Waals surface area (Å²) in [6.45, 7) is 5.63. The van der Waals surface area contributed by atoms with Crippen molar-refractivity contribution < 1.29 is 8.42 Å². The van der Waals surface area contributed by atoms with Crippen molar-refractivity contribution in [3.8, 4) is 0 Å². The zero-order valence-electron chi connectivity index (χ0n) is 12.1. The number of sulfonamides is 1. The Balaban J connectivity index is 1.74. The zero-order valence-corrected chi connectivity index (χ0v) is 12.9. The molecule has 0 bridgehead atoms. The maximum absolute atomic E-state index is 12.3. The summed E-state index contributed by atoms with van der Waals surface area (Å²) >= 11 is 0. The smallest absolute Gasteiger partial charge is 0.242 e. The van der Waals surface area contributed by atoms with Crippen molar-refractivity contribution in [2.24, 2.45) is 5.92 Å². The van der Waals surface area contributed by atoms with E-state index >= 15 is 0 Å². The van der Waals surface area contributed by atoms with Gasteiger partial charge in [0.15, 0.2) is 0 Å². The Morgan fingerprint density at radius 2 is 2.10 bits per heavy atom. The van der Waals surface area contributed by atoms with E-state index in [1.807, 2.05) is 11.5 Å². The van der Waals surface area contributed by atoms with Crippen molar-refractivity contribution in [2.75, 3.05) is 0 Å². The van der Waals surface area contributed by atoms with Gasteiger partial charge in [0.25, 0.3) is 0 Å². The molecular formula is C14H23N3O2S. The Labute approximate surface area is 120 Å². The van der Waals surface area contributed by atoms with Gasteiger partial charge in [-0.05, 0) is 38.2 Å². The molecule has 2 unspecified atom stereocenters. The average molecular weight is 297 g/mol. The molecule has 0 aromatic carbocycles. The van der Waals surface area contributed by atoms with Crippen LogP contribution in [-0.2, 0) is 23.1 Å². The van der Waals surface area contributed by atoms with Crippen LogP contribution in [0.2, 0.25) is 0 Å². The van der Waals surface area contributed by atoms with Gasteiger partial charge in [0, 0.05) is 37.1 Å². The quantitative estimate of drug-likeness (QED) is 0.800. The SMILES string of the molecule is CCn1cc(S(=O)(=O)NC2CC2C)cc1CNC1CC1. The lowest BCUT2D eigenvalue weighted by atomic mass is 10.4. The third kappa shape index (κ3) is 3.07. The van der Waals surface area contributed by atoms with Gasteiger partial charge in [-0.1, -0.05) is 6.92 Å². The first-order valence-corrected chi connectivity index (χ1v) is 8.92. The van der Waals surface area contributed by atoms with E-state index in [1.165, 1.54) is 12.8 Å². The van der Waals surface area contributed by atoms with Crippen LogP contribution in [0.3, 0.4) is 0 Å². The summed E-state index contributed by atoms with van der Waals surface area (Å²) in [5.74, 6) is 0.467. The first kappa shape index (κ1) is 14.1. The summed E-state index contributed by atoms with van der Waals surface area (Å²) in [6.07, 6.45) is 5.17. The predicted octanol–water partition coefficient (Wildman–Crippen LogP) is 1.45. The van der Waals surface area contributed by atoms with Crippen molar-refractivity contribution in [3.63, 3.8) is 0 Å². The van der Waals surface area contributed by atoms with Gasteiger partial charge < -0.3 is 9.88 Å². The molecule has 1 aromatic heterocycles. The molecule has 1 aromatic rings. The number of aryl methyl sites for hydroxylation is 1. The van der Waals surface area contributed by atoms with Gasteiger partial charge in [-0.15, -0.1) is 0 Å². The second kappa shape index (κ2) is 5.16. The maximum Gasteiger partial charge on any atom is 0.242 e. The average Bonchev–Trinajstić information content (AvgIpc) is 3.29. The molecule has 2 N–H and O–H groups in total. The van der Waals surface area contributed by atoms with Crippen molar-refractivity contribution in [3.05, 3.63) is 18.0 Å². The number of rotatable bonds is 7. The van der Waals surface area contributed by atoms with Crippen LogP contribution >= 0.6 is 0 Å². The Hall–Kier alpha value is -0.850. The van der Waals surface area contributed by atoms with Gasteiger partial charge in [0.2, 0.25) is 10.0 Å². The van der Waals surface area contributed by atoms with Crippen molar-refractivity contribution in [2.45, 2.75) is 63.2 Å². The van der Waals surface area contributed by atoms with Crippen LogP contribution in [0.1, 0.15) is 38.8 Å². The summed E-state index contributed by atoms with van der Waals surface area (Å²) < 4.78 is 29.4. The van der Waals surface area contributed by atoms with Gasteiger partial charge in [-0.2, -0.15) is 0 Å². The van der Waals surface area contributed by atoms with Crippen LogP contribution in [-0.4, -0.2) is 25.1 Å². The van der Waals surface area contributed by atoms with E-state index in [2.05, 4.69) is 17.0 Å². The lowest BCUT2D eigenvalue weighted by Gasteiger charge is -2.06. The number of nitrogens with one attached hydrogen (secondary N) is 2. The number of hydrogen-bond acceptors (Lipinski definition) is 3. The minimum atomic E-state index is -3.36. The van der Waals surface area contributed by atoms with E-state index in [0.29, 0.717) is 16.9 Å². The maximum atomic E-state index is 12.3. The fourth-order valence-corrected chi connectivity index (χ4v) is 3.83. The van der Waals surface area contributed by atoms with Gasteiger partial charge in [0.05, 0.1) is 4.90 Å². The number of nitrogens with zero attached hydrogens (tertiary/aromatic N) is 1. The monoisotopic (exact) mass is 297 g/mol. The third-order valence-electron chi connectivity index (χ3n) is 4.18. The van der Waals surface area contributed by atoms with E-state index < -0.39 is 10.0 Å². The highest BCUT2D eigenvalue weighted by molar-refractivity contribution is 7.89. The molecule has 0 spiro atoms. The summed E-state index contributed by atoms with van der Waals surface area (Å²) in [7, 11) is -3.36. The molecule has 0 amide bonds. The molecule has 20 heavy (non-hydrogen) atoms. The molecule has 3 rings (SSSR count). The summed E-state index contributed by atoms with van der Waals surface area (Å²) in [4.78, 5) is 0.394. The van der Waals surface area contributed by atoms with Crippen LogP contribution in [0, 0.1) is 5.92 Å². The standard InChI is InChI=1S/C14H23N3O2S/c1-3-17-9-13(7-12(17)8-15-11-4-5-11)20(18,19)16-14-6-10(14)2/h7,9-11,14-16H,3-6,8H2,1-2H3. The lowest BCUT2D eigenvalue weighted by molar-refractivity contribution is 0.578. The third-order valence-corrected chi connectivity index (χ3v) is 5.63. The minimum Gasteiger partial charge on any atom is -0.349 e. The normalized spacial score (nSPS) is 25.9. The van der Waals surface area contributed by atoms with Crippen LogP contribution in [0.5, 0.6) is 0 Å². The molecule has 6 heteroatoms. The van der Waals surface area contributed by atoms with Gasteiger partial charge in [-0.25, -0.2) is 13.1 Å². The lowest BCUT2D eigenvalue weighted by Crippen LogP contribution is -2.26. The molecule has 2 saturated carbocycles. The largest absolute Gasteiger partial charge is 0.349 e. The van der Waals surface area contributed by atoms with Crippen molar-refractivity contribution in [1.29, 1.82) is 0 Å². The topological polar surface area (TPSA) is 63.1 Å². The van der Waals surface area contributed by atoms with E-state index in [1.54, 1.807) is 12.3 Å². The van der Waals surface area contributed by atoms with Gasteiger partial charge >= 0.3 is 0 Å². The van der Waals surface area contributed by atoms with E-state index in [-0.39, 0.29) is 6.04 Å². The number of hydrogen-bond donors (Lipinski definition) is 2. The fourth-order valence-electron chi connectivity index (χ4n) is 2.40. The molecule has 2 aliphatic rings. The highest BCUT2D eigenvalue weighted by Gasteiger charge is 2.36. The second-order valence-electron chi connectivity index (χ2n) is 6.05. The molecular weight excluding hydrogens is 274 g/mol. The highest BCUT2D eigenvalue weighted by atomic mass is 32.2. The first-order chi connectivity index (χ1) is 9.49. The predicted molar refractivity (Wildman–Crippen MR) is 77.9 cm³/mol. The first-order valence-electron chi connectivity index (χ1n) is 7.44. The molecule has 2 aliphatic carbocycles. The summed E-state index contributed by atoms with van der Waals surface area (Å²) in [5.41, 5.74) is 1.05. The molecule has 112 valence electrons. The summed E-state index contributed by atoms with van der Waals surface area (Å²) in [6, 6.07) is 2.55. The molecule has 0 aliphatic heterocycles. The highest BCUT2D eigenvalue weighted by Crippen LogP contribution is 2.31. The second-order valence-corrected chi connectivity index (χ2v) is 7.76. The Kier molecular flexibility index (Phi) is 3.64. The molecule has 1 heterocycles. The zero-order chi connectivity index (χ0) is 14.3. The minimum absolute atomic E-state index is 0.123.